The van der Waals surface area contributed by atoms with Crippen molar-refractivity contribution >= 4 is 11.8 Å². The Balaban J connectivity index is 1.62. The second-order valence-corrected chi connectivity index (χ2v) is 6.41. The largest absolute Gasteiger partial charge is 0.361 e. The Labute approximate surface area is 154 Å². The number of hydroxylamine groups is 1. The van der Waals surface area contributed by atoms with Gasteiger partial charge in [-0.15, -0.1) is 0 Å². The van der Waals surface area contributed by atoms with E-state index in [-0.39, 0.29) is 11.5 Å². The van der Waals surface area contributed by atoms with Crippen LogP contribution >= 0.6 is 0 Å². The summed E-state index contributed by atoms with van der Waals surface area (Å²) in [6, 6.07) is 11.2. The van der Waals surface area contributed by atoms with Crippen molar-refractivity contribution in [3.63, 3.8) is 0 Å². The smallest absolute Gasteiger partial charge is 0.276 e. The second kappa shape index (κ2) is 6.73. The summed E-state index contributed by atoms with van der Waals surface area (Å²) in [5.41, 5.74) is 4.76. The van der Waals surface area contributed by atoms with Gasteiger partial charge < -0.3 is 14.0 Å². The molecule has 0 fully saturated rings. The van der Waals surface area contributed by atoms with Gasteiger partial charge in [-0.2, -0.15) is 0 Å². The van der Waals surface area contributed by atoms with Crippen molar-refractivity contribution in [2.45, 2.75) is 20.0 Å². The number of nitrogens with one attached hydrogen (secondary N) is 1. The monoisotopic (exact) mass is 366 g/mol. The minimum Gasteiger partial charge on any atom is -0.361 e. The second-order valence-electron chi connectivity index (χ2n) is 6.41. The molecular weight excluding hydrogens is 348 g/mol. The number of fused-ring (bicyclic) bond motifs is 1. The molecule has 8 heteroatoms. The van der Waals surface area contributed by atoms with Crippen LogP contribution in [0.2, 0.25) is 0 Å². The van der Waals surface area contributed by atoms with Crippen LogP contribution in [0.15, 0.2) is 47.1 Å². The van der Waals surface area contributed by atoms with E-state index in [9.17, 15) is 9.59 Å². The van der Waals surface area contributed by atoms with Crippen LogP contribution in [0.4, 0.5) is 0 Å². The third kappa shape index (κ3) is 3.00. The summed E-state index contributed by atoms with van der Waals surface area (Å²) in [6.07, 6.45) is 1.57. The maximum absolute atomic E-state index is 12.9. The minimum atomic E-state index is -0.641. The predicted octanol–water partition coefficient (Wildman–Crippen LogP) is 2.23. The zero-order valence-corrected chi connectivity index (χ0v) is 14.7. The van der Waals surface area contributed by atoms with Crippen molar-refractivity contribution in [1.82, 2.24) is 20.1 Å². The number of nitrogens with zero attached hydrogens (tertiary/aromatic N) is 3. The third-order valence-corrected chi connectivity index (χ3v) is 4.76. The van der Waals surface area contributed by atoms with Crippen LogP contribution in [0.1, 0.15) is 32.2 Å². The van der Waals surface area contributed by atoms with Gasteiger partial charge in [0.05, 0.1) is 12.1 Å². The van der Waals surface area contributed by atoms with Crippen molar-refractivity contribution in [2.75, 3.05) is 6.54 Å². The van der Waals surface area contributed by atoms with Crippen LogP contribution in [0.25, 0.3) is 11.3 Å². The first kappa shape index (κ1) is 17.0. The van der Waals surface area contributed by atoms with Crippen molar-refractivity contribution in [1.29, 1.82) is 0 Å². The van der Waals surface area contributed by atoms with E-state index < -0.39 is 5.91 Å². The molecule has 0 spiro atoms. The summed E-state index contributed by atoms with van der Waals surface area (Å²) in [5.74, 6) is -0.154. The van der Waals surface area contributed by atoms with Gasteiger partial charge in [-0.3, -0.25) is 14.8 Å². The van der Waals surface area contributed by atoms with E-state index in [1.54, 1.807) is 21.1 Å². The zero-order chi connectivity index (χ0) is 19.0. The fourth-order valence-electron chi connectivity index (χ4n) is 3.30. The molecule has 0 atom stereocenters. The number of carbonyl (C=O) groups excluding carboxylic acids is 2. The van der Waals surface area contributed by atoms with E-state index in [0.29, 0.717) is 31.1 Å². The average Bonchev–Trinajstić information content (AvgIpc) is 3.29. The molecule has 3 aromatic rings. The fraction of sp³-hybridized carbons (Fsp3) is 0.211. The summed E-state index contributed by atoms with van der Waals surface area (Å²) in [6.45, 7) is 3.25. The van der Waals surface area contributed by atoms with Crippen LogP contribution in [0.3, 0.4) is 0 Å². The standard InChI is InChI=1S/C19H18N4O4/c1-12-15(17(21-27-12)13-5-3-2-4-6-13)11-23-8-7-22-10-14(18(24)20-26)9-16(22)19(23)25/h2-6,9-10,26H,7-8,11H2,1H3,(H,20,24). The Morgan fingerprint density at radius 2 is 2.07 bits per heavy atom. The van der Waals surface area contributed by atoms with Crippen LogP contribution < -0.4 is 5.48 Å². The summed E-state index contributed by atoms with van der Waals surface area (Å²) >= 11 is 0. The molecule has 8 nitrogen and oxygen atoms in total. The lowest BCUT2D eigenvalue weighted by Gasteiger charge is -2.28. The lowest BCUT2D eigenvalue weighted by atomic mass is 10.1. The van der Waals surface area contributed by atoms with Gasteiger partial charge in [0, 0.05) is 30.4 Å². The molecule has 0 saturated carbocycles. The molecule has 0 aliphatic carbocycles. The first-order chi connectivity index (χ1) is 13.1. The molecule has 0 saturated heterocycles. The molecule has 4 rings (SSSR count). The highest BCUT2D eigenvalue weighted by atomic mass is 16.5. The molecule has 0 unspecified atom stereocenters. The Morgan fingerprint density at radius 3 is 2.81 bits per heavy atom. The Morgan fingerprint density at radius 1 is 1.30 bits per heavy atom. The van der Waals surface area contributed by atoms with E-state index in [4.69, 9.17) is 9.73 Å². The third-order valence-electron chi connectivity index (χ3n) is 4.76. The SMILES string of the molecule is Cc1onc(-c2ccccc2)c1CN1CCn2cc(C(=O)NO)cc2C1=O. The Hall–Kier alpha value is -3.39. The van der Waals surface area contributed by atoms with E-state index in [2.05, 4.69) is 5.16 Å². The number of rotatable bonds is 4. The van der Waals surface area contributed by atoms with Gasteiger partial charge in [0.25, 0.3) is 11.8 Å². The molecule has 0 bridgehead atoms. The maximum Gasteiger partial charge on any atom is 0.276 e. The molecular formula is C19H18N4O4. The lowest BCUT2D eigenvalue weighted by molar-refractivity contribution is 0.0689. The first-order valence-corrected chi connectivity index (χ1v) is 8.53. The van der Waals surface area contributed by atoms with Gasteiger partial charge >= 0.3 is 0 Å². The number of aryl methyl sites for hydroxylation is 1. The molecule has 1 aromatic carbocycles. The van der Waals surface area contributed by atoms with Gasteiger partial charge in [0.2, 0.25) is 0 Å². The quantitative estimate of drug-likeness (QED) is 0.545. The number of aromatic nitrogens is 2. The van der Waals surface area contributed by atoms with Gasteiger partial charge in [0.15, 0.2) is 0 Å². The molecule has 1 aliphatic heterocycles. The molecule has 0 radical (unpaired) electrons. The van der Waals surface area contributed by atoms with E-state index in [0.717, 1.165) is 16.8 Å². The maximum atomic E-state index is 12.9. The summed E-state index contributed by atoms with van der Waals surface area (Å²) < 4.78 is 7.10. The van der Waals surface area contributed by atoms with Gasteiger partial charge in [-0.1, -0.05) is 35.5 Å². The van der Waals surface area contributed by atoms with E-state index in [1.807, 2.05) is 37.3 Å². The molecule has 27 heavy (non-hydrogen) atoms. The summed E-state index contributed by atoms with van der Waals surface area (Å²) in [4.78, 5) is 26.2. The van der Waals surface area contributed by atoms with Gasteiger partial charge in [0.1, 0.15) is 17.1 Å². The molecule has 3 heterocycles. The van der Waals surface area contributed by atoms with E-state index >= 15 is 0 Å². The number of hydrogen-bond donors (Lipinski definition) is 2. The predicted molar refractivity (Wildman–Crippen MR) is 95.1 cm³/mol. The number of benzene rings is 1. The zero-order valence-electron chi connectivity index (χ0n) is 14.7. The van der Waals surface area contributed by atoms with Crippen molar-refractivity contribution in [3.05, 3.63) is 65.2 Å². The van der Waals surface area contributed by atoms with Crippen LogP contribution in [-0.2, 0) is 13.1 Å². The number of carbonyl (C=O) groups is 2. The number of hydrogen-bond acceptors (Lipinski definition) is 5. The molecule has 2 amide bonds. The highest BCUT2D eigenvalue weighted by Crippen LogP contribution is 2.28. The first-order valence-electron chi connectivity index (χ1n) is 8.53. The fourth-order valence-corrected chi connectivity index (χ4v) is 3.30. The van der Waals surface area contributed by atoms with Crippen molar-refractivity contribution < 1.29 is 19.3 Å². The minimum absolute atomic E-state index is 0.183. The average molecular weight is 366 g/mol. The van der Waals surface area contributed by atoms with E-state index in [1.165, 1.54) is 6.07 Å². The van der Waals surface area contributed by atoms with Crippen LogP contribution in [0.5, 0.6) is 0 Å². The highest BCUT2D eigenvalue weighted by Gasteiger charge is 2.28. The molecule has 138 valence electrons. The molecule has 1 aliphatic rings. The van der Waals surface area contributed by atoms with Crippen molar-refractivity contribution in [2.24, 2.45) is 0 Å². The number of amides is 2. The molecule has 2 aromatic heterocycles. The summed E-state index contributed by atoms with van der Waals surface area (Å²) in [5, 5.41) is 12.9. The summed E-state index contributed by atoms with van der Waals surface area (Å²) in [7, 11) is 0. The Bertz CT molecular complexity index is 1010. The van der Waals surface area contributed by atoms with Crippen LogP contribution in [-0.4, -0.2) is 38.2 Å². The highest BCUT2D eigenvalue weighted by molar-refractivity contribution is 5.99. The van der Waals surface area contributed by atoms with Gasteiger partial charge in [-0.05, 0) is 13.0 Å². The normalized spacial score (nSPS) is 13.6. The van der Waals surface area contributed by atoms with Gasteiger partial charge in [-0.25, -0.2) is 5.48 Å². The van der Waals surface area contributed by atoms with Crippen LogP contribution in [0, 0.1) is 6.92 Å². The molecule has 2 N–H and O–H groups in total. The van der Waals surface area contributed by atoms with Crippen molar-refractivity contribution in [3.8, 4) is 11.3 Å². The Kier molecular flexibility index (Phi) is 4.25. The lowest BCUT2D eigenvalue weighted by Crippen LogP contribution is -2.39. The topological polar surface area (TPSA) is 101 Å².